The first-order chi connectivity index (χ1) is 6.83. The lowest BCUT2D eigenvalue weighted by molar-refractivity contribution is 0.301. The van der Waals surface area contributed by atoms with Gasteiger partial charge in [-0.3, -0.25) is 0 Å². The molecule has 1 aliphatic heterocycles. The number of nitrogens with zero attached hydrogens (tertiary/aromatic N) is 1. The molecule has 72 valence electrons. The highest BCUT2D eigenvalue weighted by Crippen LogP contribution is 2.35. The third-order valence-electron chi connectivity index (χ3n) is 3.08. The first kappa shape index (κ1) is 8.12. The van der Waals surface area contributed by atoms with E-state index in [1.165, 1.54) is 11.6 Å². The van der Waals surface area contributed by atoms with Crippen molar-refractivity contribution in [2.24, 2.45) is 5.92 Å². The van der Waals surface area contributed by atoms with Crippen LogP contribution in [0.3, 0.4) is 0 Å². The molecule has 2 unspecified atom stereocenters. The molecule has 1 fully saturated rings. The van der Waals surface area contributed by atoms with Crippen LogP contribution >= 0.6 is 0 Å². The van der Waals surface area contributed by atoms with Gasteiger partial charge in [-0.2, -0.15) is 4.39 Å². The largest absolute Gasteiger partial charge is 0.310 e. The summed E-state index contributed by atoms with van der Waals surface area (Å²) in [4.78, 5) is 3.67. The molecule has 1 aromatic heterocycles. The summed E-state index contributed by atoms with van der Waals surface area (Å²) in [5, 5.41) is 3.35. The van der Waals surface area contributed by atoms with E-state index < -0.39 is 5.95 Å². The maximum Gasteiger partial charge on any atom is 0.212 e. The number of hydrogen-bond donors (Lipinski definition) is 1. The van der Waals surface area contributed by atoms with Crippen LogP contribution < -0.4 is 5.32 Å². The number of hydrogen-bond acceptors (Lipinski definition) is 2. The molecule has 3 rings (SSSR count). The van der Waals surface area contributed by atoms with Crippen molar-refractivity contribution in [2.75, 3.05) is 6.54 Å². The predicted octanol–water partition coefficient (Wildman–Crippen LogP) is 1.60. The van der Waals surface area contributed by atoms with Crippen LogP contribution in [0.5, 0.6) is 0 Å². The fourth-order valence-electron chi connectivity index (χ4n) is 2.16. The van der Waals surface area contributed by atoms with E-state index in [0.29, 0.717) is 6.04 Å². The summed E-state index contributed by atoms with van der Waals surface area (Å²) in [5.41, 5.74) is 2.36. The molecule has 1 N–H and O–H groups in total. The molecular formula is C11H11FN2. The molecule has 0 amide bonds. The lowest BCUT2D eigenvalue weighted by atomic mass is 9.94. The summed E-state index contributed by atoms with van der Waals surface area (Å²) >= 11 is 0. The third kappa shape index (κ3) is 1.16. The summed E-state index contributed by atoms with van der Waals surface area (Å²) in [7, 11) is 0. The van der Waals surface area contributed by atoms with Crippen molar-refractivity contribution in [3.8, 4) is 0 Å². The number of nitrogens with one attached hydrogen (secondary N) is 1. The van der Waals surface area contributed by atoms with Gasteiger partial charge in [0.2, 0.25) is 5.95 Å². The standard InChI is InChI=1S/C11H11FN2/c12-11-2-1-7(5-14-11)8-3-9-6-13-10(9)4-8/h1-2,4-5,9-10,13H,3,6H2. The third-order valence-corrected chi connectivity index (χ3v) is 3.08. The molecule has 2 atom stereocenters. The average Bonchev–Trinajstić information content (AvgIpc) is 2.45. The molecule has 1 saturated heterocycles. The van der Waals surface area contributed by atoms with Crippen molar-refractivity contribution in [2.45, 2.75) is 12.5 Å². The molecule has 2 heterocycles. The Kier molecular flexibility index (Phi) is 1.67. The number of allylic oxidation sites excluding steroid dienone is 1. The van der Waals surface area contributed by atoms with Crippen LogP contribution in [0.1, 0.15) is 12.0 Å². The van der Waals surface area contributed by atoms with E-state index in [1.54, 1.807) is 12.3 Å². The molecule has 0 bridgehead atoms. The van der Waals surface area contributed by atoms with E-state index in [1.807, 2.05) is 0 Å². The molecule has 14 heavy (non-hydrogen) atoms. The highest BCUT2D eigenvalue weighted by molar-refractivity contribution is 5.68. The van der Waals surface area contributed by atoms with Gasteiger partial charge in [-0.25, -0.2) is 4.98 Å². The Morgan fingerprint density at radius 3 is 2.86 bits per heavy atom. The molecule has 0 radical (unpaired) electrons. The van der Waals surface area contributed by atoms with Crippen molar-refractivity contribution < 1.29 is 4.39 Å². The minimum atomic E-state index is -0.409. The maximum atomic E-state index is 12.6. The van der Waals surface area contributed by atoms with Gasteiger partial charge in [-0.1, -0.05) is 6.08 Å². The number of pyridine rings is 1. The normalized spacial score (nSPS) is 29.4. The van der Waals surface area contributed by atoms with E-state index in [-0.39, 0.29) is 0 Å². The fourth-order valence-corrected chi connectivity index (χ4v) is 2.16. The number of aromatic nitrogens is 1. The topological polar surface area (TPSA) is 24.9 Å². The molecule has 3 heteroatoms. The average molecular weight is 190 g/mol. The first-order valence-electron chi connectivity index (χ1n) is 4.89. The zero-order valence-electron chi connectivity index (χ0n) is 7.70. The van der Waals surface area contributed by atoms with Crippen LogP contribution in [-0.2, 0) is 0 Å². The van der Waals surface area contributed by atoms with Gasteiger partial charge >= 0.3 is 0 Å². The molecule has 1 aliphatic carbocycles. The Hall–Kier alpha value is -1.22. The Labute approximate surface area is 81.9 Å². The number of rotatable bonds is 1. The summed E-state index contributed by atoms with van der Waals surface area (Å²) in [5.74, 6) is 0.350. The summed E-state index contributed by atoms with van der Waals surface area (Å²) in [6.07, 6.45) is 4.96. The Morgan fingerprint density at radius 1 is 1.43 bits per heavy atom. The summed E-state index contributed by atoms with van der Waals surface area (Å²) in [6.45, 7) is 1.11. The number of halogens is 1. The molecule has 0 saturated carbocycles. The molecular weight excluding hydrogens is 179 g/mol. The molecule has 0 spiro atoms. The van der Waals surface area contributed by atoms with Gasteiger partial charge in [0.15, 0.2) is 0 Å². The Balaban J connectivity index is 1.89. The van der Waals surface area contributed by atoms with Crippen LogP contribution in [-0.4, -0.2) is 17.6 Å². The lowest BCUT2D eigenvalue weighted by Gasteiger charge is -2.31. The van der Waals surface area contributed by atoms with E-state index in [4.69, 9.17) is 0 Å². The van der Waals surface area contributed by atoms with Crippen molar-refractivity contribution in [1.29, 1.82) is 0 Å². The minimum absolute atomic E-state index is 0.409. The van der Waals surface area contributed by atoms with Crippen molar-refractivity contribution in [3.05, 3.63) is 35.9 Å². The zero-order chi connectivity index (χ0) is 9.54. The zero-order valence-corrected chi connectivity index (χ0v) is 7.70. The maximum absolute atomic E-state index is 12.6. The Bertz CT molecular complexity index is 383. The molecule has 2 nitrogen and oxygen atoms in total. The van der Waals surface area contributed by atoms with Crippen LogP contribution in [0.4, 0.5) is 4.39 Å². The van der Waals surface area contributed by atoms with E-state index >= 15 is 0 Å². The van der Waals surface area contributed by atoms with Gasteiger partial charge in [-0.15, -0.1) is 0 Å². The van der Waals surface area contributed by atoms with Gasteiger partial charge in [0.25, 0.3) is 0 Å². The van der Waals surface area contributed by atoms with E-state index in [9.17, 15) is 4.39 Å². The highest BCUT2D eigenvalue weighted by Gasteiger charge is 2.34. The van der Waals surface area contributed by atoms with Crippen LogP contribution in [0.2, 0.25) is 0 Å². The molecule has 1 aromatic rings. The second-order valence-electron chi connectivity index (χ2n) is 3.96. The predicted molar refractivity (Wildman–Crippen MR) is 52.1 cm³/mol. The summed E-state index contributed by atoms with van der Waals surface area (Å²) < 4.78 is 12.6. The first-order valence-corrected chi connectivity index (χ1v) is 4.89. The quantitative estimate of drug-likeness (QED) is 0.680. The van der Waals surface area contributed by atoms with Gasteiger partial charge < -0.3 is 5.32 Å². The van der Waals surface area contributed by atoms with Crippen LogP contribution in [0, 0.1) is 11.9 Å². The van der Waals surface area contributed by atoms with Crippen molar-refractivity contribution in [1.82, 2.24) is 10.3 Å². The van der Waals surface area contributed by atoms with Gasteiger partial charge in [0, 0.05) is 18.8 Å². The van der Waals surface area contributed by atoms with Gasteiger partial charge in [0.05, 0.1) is 0 Å². The Morgan fingerprint density at radius 2 is 2.36 bits per heavy atom. The SMILES string of the molecule is Fc1ccc(C2=CC3NCC3C2)cn1. The summed E-state index contributed by atoms with van der Waals surface area (Å²) in [6, 6.07) is 3.78. The molecule has 2 aliphatic rings. The minimum Gasteiger partial charge on any atom is -0.310 e. The van der Waals surface area contributed by atoms with Crippen molar-refractivity contribution >= 4 is 5.57 Å². The van der Waals surface area contributed by atoms with E-state index in [2.05, 4.69) is 16.4 Å². The van der Waals surface area contributed by atoms with Crippen LogP contribution in [0.15, 0.2) is 24.4 Å². The highest BCUT2D eigenvalue weighted by atomic mass is 19.1. The van der Waals surface area contributed by atoms with Crippen molar-refractivity contribution in [3.63, 3.8) is 0 Å². The van der Waals surface area contributed by atoms with E-state index in [0.717, 1.165) is 24.4 Å². The van der Waals surface area contributed by atoms with Gasteiger partial charge in [-0.05, 0) is 35.6 Å². The smallest absolute Gasteiger partial charge is 0.212 e. The fraction of sp³-hybridized carbons (Fsp3) is 0.364. The second-order valence-corrected chi connectivity index (χ2v) is 3.96. The lowest BCUT2D eigenvalue weighted by Crippen LogP contribution is -2.49. The molecule has 0 aromatic carbocycles. The second kappa shape index (κ2) is 2.89. The van der Waals surface area contributed by atoms with Gasteiger partial charge in [0.1, 0.15) is 0 Å². The number of fused-ring (bicyclic) bond motifs is 1. The monoisotopic (exact) mass is 190 g/mol. The van der Waals surface area contributed by atoms with Crippen LogP contribution in [0.25, 0.3) is 5.57 Å².